The Balaban J connectivity index is 1.76. The van der Waals surface area contributed by atoms with E-state index in [1.54, 1.807) is 24.3 Å². The largest absolute Gasteiger partial charge is 0.483 e. The Morgan fingerprint density at radius 3 is 2.36 bits per heavy atom. The van der Waals surface area contributed by atoms with E-state index in [0.29, 0.717) is 21.7 Å². The highest BCUT2D eigenvalue weighted by atomic mass is 79.9. The van der Waals surface area contributed by atoms with Gasteiger partial charge in [0.2, 0.25) is 0 Å². The number of hydrogen-bond acceptors (Lipinski definition) is 4. The van der Waals surface area contributed by atoms with Gasteiger partial charge in [0.1, 0.15) is 5.75 Å². The first-order chi connectivity index (χ1) is 13.3. The van der Waals surface area contributed by atoms with Gasteiger partial charge in [0, 0.05) is 10.0 Å². The summed E-state index contributed by atoms with van der Waals surface area (Å²) >= 11 is 11.7. The summed E-state index contributed by atoms with van der Waals surface area (Å²) in [6.45, 7) is 3.94. The van der Waals surface area contributed by atoms with Crippen LogP contribution in [0, 0.1) is 0 Å². The van der Waals surface area contributed by atoms with E-state index >= 15 is 0 Å². The Kier molecular flexibility index (Phi) is 8.40. The predicted octanol–water partition coefficient (Wildman–Crippen LogP) is 4.05. The first-order valence-electron chi connectivity index (χ1n) is 8.34. The summed E-state index contributed by atoms with van der Waals surface area (Å²) in [6.07, 6.45) is 0. The van der Waals surface area contributed by atoms with E-state index in [1.807, 2.05) is 18.2 Å². The van der Waals surface area contributed by atoms with Gasteiger partial charge in [0.25, 0.3) is 11.8 Å². The molecule has 28 heavy (non-hydrogen) atoms. The fourth-order valence-electron chi connectivity index (χ4n) is 2.12. The molecule has 0 aliphatic heterocycles. The Morgan fingerprint density at radius 1 is 1.07 bits per heavy atom. The maximum Gasteiger partial charge on any atom is 0.276 e. The second-order valence-electron chi connectivity index (χ2n) is 6.10. The predicted molar refractivity (Wildman–Crippen MR) is 119 cm³/mol. The van der Waals surface area contributed by atoms with Crippen LogP contribution in [0.25, 0.3) is 0 Å². The fraction of sp³-hybridized carbons (Fsp3) is 0.211. The molecule has 0 bridgehead atoms. The van der Waals surface area contributed by atoms with E-state index in [9.17, 15) is 9.59 Å². The van der Waals surface area contributed by atoms with E-state index in [0.717, 1.165) is 10.0 Å². The summed E-state index contributed by atoms with van der Waals surface area (Å²) < 4.78 is 7.02. The standard InChI is InChI=1S/C19H19Br2N3O3S/c1-11(2)12-3-5-13(6-4-12)18(26)22-19(28)24-23-17(25)10-27-16-8-7-14(20)9-15(16)21/h3-9,11H,10H2,1-2H3,(H,23,25)(H2,22,24,26,28). The topological polar surface area (TPSA) is 79.5 Å². The van der Waals surface area contributed by atoms with Crippen LogP contribution in [-0.4, -0.2) is 23.5 Å². The lowest BCUT2D eigenvalue weighted by molar-refractivity contribution is -0.123. The molecule has 2 amide bonds. The van der Waals surface area contributed by atoms with Gasteiger partial charge in [0.15, 0.2) is 11.7 Å². The number of halogens is 2. The van der Waals surface area contributed by atoms with E-state index < -0.39 is 5.91 Å². The molecule has 148 valence electrons. The molecule has 0 unspecified atom stereocenters. The van der Waals surface area contributed by atoms with Crippen molar-refractivity contribution in [2.75, 3.05) is 6.61 Å². The van der Waals surface area contributed by atoms with Crippen molar-refractivity contribution in [2.24, 2.45) is 0 Å². The van der Waals surface area contributed by atoms with Crippen LogP contribution in [0.5, 0.6) is 5.75 Å². The average Bonchev–Trinajstić information content (AvgIpc) is 2.65. The van der Waals surface area contributed by atoms with Crippen molar-refractivity contribution >= 4 is 61.0 Å². The Hall–Kier alpha value is -1.97. The van der Waals surface area contributed by atoms with Crippen molar-refractivity contribution in [1.29, 1.82) is 0 Å². The quantitative estimate of drug-likeness (QED) is 0.403. The molecule has 0 aliphatic rings. The van der Waals surface area contributed by atoms with Crippen LogP contribution < -0.4 is 20.9 Å². The zero-order valence-electron chi connectivity index (χ0n) is 15.2. The number of ether oxygens (including phenoxy) is 1. The summed E-state index contributed by atoms with van der Waals surface area (Å²) in [5.41, 5.74) is 6.46. The van der Waals surface area contributed by atoms with Crippen molar-refractivity contribution in [3.05, 3.63) is 62.5 Å². The number of carbonyl (C=O) groups excluding carboxylic acids is 2. The van der Waals surface area contributed by atoms with Crippen LogP contribution in [0.3, 0.4) is 0 Å². The Bertz CT molecular complexity index is 873. The highest BCUT2D eigenvalue weighted by molar-refractivity contribution is 9.11. The van der Waals surface area contributed by atoms with Gasteiger partial charge in [-0.2, -0.15) is 0 Å². The highest BCUT2D eigenvalue weighted by Gasteiger charge is 2.10. The van der Waals surface area contributed by atoms with Gasteiger partial charge in [-0.25, -0.2) is 0 Å². The number of rotatable bonds is 5. The van der Waals surface area contributed by atoms with Crippen LogP contribution in [-0.2, 0) is 4.79 Å². The maximum absolute atomic E-state index is 12.2. The lowest BCUT2D eigenvalue weighted by atomic mass is 10.0. The van der Waals surface area contributed by atoms with Crippen molar-refractivity contribution in [2.45, 2.75) is 19.8 Å². The third-order valence-electron chi connectivity index (χ3n) is 3.63. The van der Waals surface area contributed by atoms with Crippen LogP contribution in [0.4, 0.5) is 0 Å². The van der Waals surface area contributed by atoms with Gasteiger partial charge >= 0.3 is 0 Å². The van der Waals surface area contributed by atoms with E-state index in [1.165, 1.54) is 0 Å². The molecule has 0 saturated heterocycles. The van der Waals surface area contributed by atoms with Gasteiger partial charge in [-0.3, -0.25) is 25.8 Å². The summed E-state index contributed by atoms with van der Waals surface area (Å²) in [4.78, 5) is 24.0. The fourth-order valence-corrected chi connectivity index (χ4v) is 3.43. The normalized spacial score (nSPS) is 10.3. The van der Waals surface area contributed by atoms with Gasteiger partial charge in [-0.05, 0) is 70.0 Å². The molecule has 0 atom stereocenters. The molecule has 3 N–H and O–H groups in total. The zero-order valence-corrected chi connectivity index (χ0v) is 19.2. The SMILES string of the molecule is CC(C)c1ccc(C(=O)NC(=S)NNC(=O)COc2ccc(Br)cc2Br)cc1. The molecule has 0 heterocycles. The molecule has 0 radical (unpaired) electrons. The molecule has 0 aromatic heterocycles. The van der Waals surface area contributed by atoms with E-state index in [-0.39, 0.29) is 17.6 Å². The number of hydrogen-bond donors (Lipinski definition) is 3. The summed E-state index contributed by atoms with van der Waals surface area (Å²) in [7, 11) is 0. The molecule has 0 saturated carbocycles. The molecular formula is C19H19Br2N3O3S. The third kappa shape index (κ3) is 6.88. The highest BCUT2D eigenvalue weighted by Crippen LogP contribution is 2.28. The molecule has 9 heteroatoms. The minimum absolute atomic E-state index is 0.0175. The molecule has 2 aromatic rings. The number of hydrazine groups is 1. The monoisotopic (exact) mass is 527 g/mol. The minimum Gasteiger partial charge on any atom is -0.483 e. The smallest absolute Gasteiger partial charge is 0.276 e. The van der Waals surface area contributed by atoms with Gasteiger partial charge < -0.3 is 4.74 Å². The number of carbonyl (C=O) groups is 2. The second kappa shape index (κ2) is 10.5. The number of benzene rings is 2. The van der Waals surface area contributed by atoms with E-state index in [2.05, 4.69) is 61.9 Å². The summed E-state index contributed by atoms with van der Waals surface area (Å²) in [5, 5.41) is 2.49. The Morgan fingerprint density at radius 2 is 1.75 bits per heavy atom. The van der Waals surface area contributed by atoms with Crippen molar-refractivity contribution in [3.63, 3.8) is 0 Å². The number of thiocarbonyl (C=S) groups is 1. The molecule has 2 aromatic carbocycles. The lowest BCUT2D eigenvalue weighted by Gasteiger charge is -2.12. The van der Waals surface area contributed by atoms with Gasteiger partial charge in [0.05, 0.1) is 4.47 Å². The number of nitrogens with one attached hydrogen (secondary N) is 3. The zero-order chi connectivity index (χ0) is 20.7. The number of amides is 2. The molecule has 0 fully saturated rings. The summed E-state index contributed by atoms with van der Waals surface area (Å²) in [6, 6.07) is 12.6. The molecular weight excluding hydrogens is 510 g/mol. The van der Waals surface area contributed by atoms with Crippen LogP contribution >= 0.6 is 44.1 Å². The first kappa shape index (κ1) is 22.3. The summed E-state index contributed by atoms with van der Waals surface area (Å²) in [5.74, 6) is 0.0965. The van der Waals surface area contributed by atoms with Crippen LogP contribution in [0.1, 0.15) is 35.7 Å². The second-order valence-corrected chi connectivity index (χ2v) is 8.27. The van der Waals surface area contributed by atoms with Gasteiger partial charge in [-0.1, -0.05) is 41.9 Å². The van der Waals surface area contributed by atoms with Crippen LogP contribution in [0.2, 0.25) is 0 Å². The Labute approximate surface area is 185 Å². The van der Waals surface area contributed by atoms with Gasteiger partial charge in [-0.15, -0.1) is 0 Å². The third-order valence-corrected chi connectivity index (χ3v) is 4.95. The molecule has 0 aliphatic carbocycles. The molecule has 0 spiro atoms. The maximum atomic E-state index is 12.2. The van der Waals surface area contributed by atoms with Crippen LogP contribution in [0.15, 0.2) is 51.4 Å². The van der Waals surface area contributed by atoms with Crippen molar-refractivity contribution in [1.82, 2.24) is 16.2 Å². The lowest BCUT2D eigenvalue weighted by Crippen LogP contribution is -2.49. The minimum atomic E-state index is -0.451. The van der Waals surface area contributed by atoms with Crippen molar-refractivity contribution < 1.29 is 14.3 Å². The van der Waals surface area contributed by atoms with Crippen molar-refractivity contribution in [3.8, 4) is 5.75 Å². The average molecular weight is 529 g/mol. The molecule has 6 nitrogen and oxygen atoms in total. The van der Waals surface area contributed by atoms with E-state index in [4.69, 9.17) is 17.0 Å². The molecule has 2 rings (SSSR count). The first-order valence-corrected chi connectivity index (χ1v) is 10.3.